The summed E-state index contributed by atoms with van der Waals surface area (Å²) >= 11 is 1.72. The van der Waals surface area contributed by atoms with E-state index in [1.54, 1.807) is 18.7 Å². The van der Waals surface area contributed by atoms with Gasteiger partial charge < -0.3 is 4.74 Å². The van der Waals surface area contributed by atoms with Crippen molar-refractivity contribution in [3.63, 3.8) is 0 Å². The lowest BCUT2D eigenvalue weighted by Gasteiger charge is -2.16. The number of carbonyl (C=O) groups is 1. The van der Waals surface area contributed by atoms with Gasteiger partial charge in [0.15, 0.2) is 0 Å². The topological polar surface area (TPSA) is 26.3 Å². The average Bonchev–Trinajstić information content (AvgIpc) is 2.46. The van der Waals surface area contributed by atoms with Crippen LogP contribution < -0.4 is 0 Å². The van der Waals surface area contributed by atoms with Gasteiger partial charge in [-0.3, -0.25) is 4.79 Å². The third-order valence-corrected chi connectivity index (χ3v) is 4.81. The van der Waals surface area contributed by atoms with E-state index in [0.717, 1.165) is 37.9 Å². The zero-order chi connectivity index (χ0) is 16.8. The van der Waals surface area contributed by atoms with Crippen LogP contribution in [0.1, 0.15) is 79.1 Å². The maximum Gasteiger partial charge on any atom is 0.319 e. The van der Waals surface area contributed by atoms with E-state index in [-0.39, 0.29) is 11.2 Å². The van der Waals surface area contributed by atoms with Crippen LogP contribution >= 0.6 is 11.8 Å². The molecule has 0 saturated heterocycles. The van der Waals surface area contributed by atoms with Crippen molar-refractivity contribution in [2.75, 3.05) is 12.4 Å². The van der Waals surface area contributed by atoms with Gasteiger partial charge in [-0.05, 0) is 37.9 Å². The SMILES string of the molecule is CCCCCC(SCCCCCC(C)F)C(=O)OCC(C)C. The zero-order valence-electron chi connectivity index (χ0n) is 14.9. The highest BCUT2D eigenvalue weighted by Gasteiger charge is 2.20. The summed E-state index contributed by atoms with van der Waals surface area (Å²) in [6.07, 6.45) is 7.34. The van der Waals surface area contributed by atoms with Gasteiger partial charge in [-0.2, -0.15) is 0 Å². The van der Waals surface area contributed by atoms with Crippen LogP contribution in [0.3, 0.4) is 0 Å². The van der Waals surface area contributed by atoms with E-state index in [9.17, 15) is 9.18 Å². The van der Waals surface area contributed by atoms with Crippen molar-refractivity contribution >= 4 is 17.7 Å². The predicted octanol–water partition coefficient (Wildman–Crippen LogP) is 5.79. The quantitative estimate of drug-likeness (QED) is 0.297. The molecule has 0 aromatic rings. The zero-order valence-corrected chi connectivity index (χ0v) is 15.7. The smallest absolute Gasteiger partial charge is 0.319 e. The first-order valence-corrected chi connectivity index (χ1v) is 9.94. The van der Waals surface area contributed by atoms with Crippen molar-refractivity contribution in [3.05, 3.63) is 0 Å². The summed E-state index contributed by atoms with van der Waals surface area (Å²) in [6, 6.07) is 0. The van der Waals surface area contributed by atoms with Crippen molar-refractivity contribution in [2.45, 2.75) is 90.5 Å². The van der Waals surface area contributed by atoms with Gasteiger partial charge in [0.2, 0.25) is 0 Å². The molecule has 0 spiro atoms. The Labute approximate surface area is 141 Å². The highest BCUT2D eigenvalue weighted by atomic mass is 32.2. The molecular weight excluding hydrogens is 299 g/mol. The molecule has 2 unspecified atom stereocenters. The second-order valence-corrected chi connectivity index (χ2v) is 7.82. The molecule has 0 radical (unpaired) electrons. The standard InChI is InChI=1S/C18H35FO2S/c1-5-6-8-12-17(18(20)21-14-15(2)3)22-13-10-7-9-11-16(4)19/h15-17H,5-14H2,1-4H3. The molecule has 0 aromatic heterocycles. The van der Waals surface area contributed by atoms with Gasteiger partial charge in [-0.1, -0.05) is 52.9 Å². The summed E-state index contributed by atoms with van der Waals surface area (Å²) < 4.78 is 18.1. The fraction of sp³-hybridized carbons (Fsp3) is 0.944. The van der Waals surface area contributed by atoms with E-state index in [4.69, 9.17) is 4.74 Å². The second-order valence-electron chi connectivity index (χ2n) is 6.51. The van der Waals surface area contributed by atoms with Gasteiger partial charge in [0.05, 0.1) is 12.8 Å². The molecule has 0 aromatic carbocycles. The predicted molar refractivity (Wildman–Crippen MR) is 95.2 cm³/mol. The molecule has 0 aliphatic heterocycles. The molecule has 4 heteroatoms. The first kappa shape index (κ1) is 21.8. The lowest BCUT2D eigenvalue weighted by molar-refractivity contribution is -0.144. The molecule has 0 heterocycles. The van der Waals surface area contributed by atoms with Crippen molar-refractivity contribution in [3.8, 4) is 0 Å². The Morgan fingerprint density at radius 2 is 1.73 bits per heavy atom. The summed E-state index contributed by atoms with van der Waals surface area (Å²) in [7, 11) is 0. The highest BCUT2D eigenvalue weighted by molar-refractivity contribution is 8.00. The molecule has 0 amide bonds. The van der Waals surface area contributed by atoms with Crippen LogP contribution in [0.4, 0.5) is 4.39 Å². The van der Waals surface area contributed by atoms with Crippen molar-refractivity contribution < 1.29 is 13.9 Å². The molecule has 0 aliphatic rings. The van der Waals surface area contributed by atoms with E-state index in [1.165, 1.54) is 12.8 Å². The number of esters is 1. The number of rotatable bonds is 14. The summed E-state index contributed by atoms with van der Waals surface area (Å²) in [5.74, 6) is 1.30. The minimum absolute atomic E-state index is 0.0228. The number of unbranched alkanes of at least 4 members (excludes halogenated alkanes) is 4. The Morgan fingerprint density at radius 1 is 1.05 bits per heavy atom. The maximum atomic E-state index is 12.7. The van der Waals surface area contributed by atoms with Crippen LogP contribution in [0.15, 0.2) is 0 Å². The van der Waals surface area contributed by atoms with E-state index in [0.29, 0.717) is 18.9 Å². The lowest BCUT2D eigenvalue weighted by Crippen LogP contribution is -2.22. The van der Waals surface area contributed by atoms with Gasteiger partial charge in [0.1, 0.15) is 5.25 Å². The van der Waals surface area contributed by atoms with Gasteiger partial charge >= 0.3 is 5.97 Å². The lowest BCUT2D eigenvalue weighted by atomic mass is 10.1. The van der Waals surface area contributed by atoms with E-state index < -0.39 is 6.17 Å². The van der Waals surface area contributed by atoms with Crippen LogP contribution in [0.25, 0.3) is 0 Å². The number of alkyl halides is 1. The number of halogens is 1. The summed E-state index contributed by atoms with van der Waals surface area (Å²) in [6.45, 7) is 8.41. The molecule has 0 aliphatic carbocycles. The third-order valence-electron chi connectivity index (χ3n) is 3.46. The van der Waals surface area contributed by atoms with Crippen molar-refractivity contribution in [1.82, 2.24) is 0 Å². The third kappa shape index (κ3) is 13.4. The van der Waals surface area contributed by atoms with Crippen molar-refractivity contribution in [1.29, 1.82) is 0 Å². The molecule has 0 bridgehead atoms. The number of thioether (sulfide) groups is 1. The van der Waals surface area contributed by atoms with Gasteiger partial charge in [0, 0.05) is 0 Å². The highest BCUT2D eigenvalue weighted by Crippen LogP contribution is 2.22. The van der Waals surface area contributed by atoms with Crippen LogP contribution in [0, 0.1) is 5.92 Å². The van der Waals surface area contributed by atoms with E-state index in [1.807, 2.05) is 0 Å². The Morgan fingerprint density at radius 3 is 2.32 bits per heavy atom. The van der Waals surface area contributed by atoms with E-state index in [2.05, 4.69) is 20.8 Å². The Balaban J connectivity index is 3.98. The van der Waals surface area contributed by atoms with Crippen molar-refractivity contribution in [2.24, 2.45) is 5.92 Å². The van der Waals surface area contributed by atoms with Crippen LogP contribution in [-0.4, -0.2) is 29.8 Å². The van der Waals surface area contributed by atoms with Crippen LogP contribution in [0.2, 0.25) is 0 Å². The van der Waals surface area contributed by atoms with Crippen LogP contribution in [0.5, 0.6) is 0 Å². The number of hydrogen-bond donors (Lipinski definition) is 0. The summed E-state index contributed by atoms with van der Waals surface area (Å²) in [5, 5.41) is -0.0228. The number of carbonyl (C=O) groups excluding carboxylic acids is 1. The monoisotopic (exact) mass is 334 g/mol. The maximum absolute atomic E-state index is 12.7. The minimum atomic E-state index is -0.694. The average molecular weight is 335 g/mol. The molecule has 0 saturated carbocycles. The van der Waals surface area contributed by atoms with Gasteiger partial charge in [0.25, 0.3) is 0 Å². The molecule has 0 N–H and O–H groups in total. The largest absolute Gasteiger partial charge is 0.465 e. The normalized spacial score (nSPS) is 14.1. The summed E-state index contributed by atoms with van der Waals surface area (Å²) in [4.78, 5) is 12.2. The molecule has 22 heavy (non-hydrogen) atoms. The Bertz CT molecular complexity index is 270. The fourth-order valence-electron chi connectivity index (χ4n) is 2.12. The molecular formula is C18H35FO2S. The molecule has 132 valence electrons. The minimum Gasteiger partial charge on any atom is -0.465 e. The first-order chi connectivity index (χ1) is 10.5. The van der Waals surface area contributed by atoms with Crippen LogP contribution in [-0.2, 0) is 9.53 Å². The summed E-state index contributed by atoms with van der Waals surface area (Å²) in [5.41, 5.74) is 0. The molecule has 0 rings (SSSR count). The first-order valence-electron chi connectivity index (χ1n) is 8.89. The van der Waals surface area contributed by atoms with E-state index >= 15 is 0 Å². The molecule has 2 nitrogen and oxygen atoms in total. The number of hydrogen-bond acceptors (Lipinski definition) is 3. The fourth-order valence-corrected chi connectivity index (χ4v) is 3.31. The Kier molecular flexibility index (Phi) is 14.2. The molecule has 0 fully saturated rings. The van der Waals surface area contributed by atoms with Gasteiger partial charge in [-0.25, -0.2) is 4.39 Å². The second kappa shape index (κ2) is 14.3. The molecule has 2 atom stereocenters. The number of ether oxygens (including phenoxy) is 1. The Hall–Kier alpha value is -0.250. The van der Waals surface area contributed by atoms with Gasteiger partial charge in [-0.15, -0.1) is 11.8 Å².